The molecule has 2 heterocycles. The van der Waals surface area contributed by atoms with Crippen LogP contribution in [0.2, 0.25) is 0 Å². The average Bonchev–Trinajstić information content (AvgIpc) is 2.62. The van der Waals surface area contributed by atoms with Gasteiger partial charge in [0.1, 0.15) is 5.82 Å². The van der Waals surface area contributed by atoms with Gasteiger partial charge in [0.2, 0.25) is 0 Å². The minimum absolute atomic E-state index is 0.0179. The molecule has 1 aromatic heterocycles. The second-order valence-electron chi connectivity index (χ2n) is 5.93. The van der Waals surface area contributed by atoms with Gasteiger partial charge in [-0.15, -0.1) is 11.6 Å². The van der Waals surface area contributed by atoms with Crippen LogP contribution < -0.4 is 4.90 Å². The van der Waals surface area contributed by atoms with E-state index >= 15 is 0 Å². The maximum Gasteiger partial charge on any atom is 0.417 e. The van der Waals surface area contributed by atoms with E-state index in [1.54, 1.807) is 6.92 Å². The number of rotatable bonds is 7. The van der Waals surface area contributed by atoms with Crippen LogP contribution in [0.4, 0.5) is 19.0 Å². The zero-order valence-electron chi connectivity index (χ0n) is 14.5. The summed E-state index contributed by atoms with van der Waals surface area (Å²) in [4.78, 5) is 17.6. The molecular formula is C17H22ClF3N2O3. The van der Waals surface area contributed by atoms with Gasteiger partial charge in [-0.2, -0.15) is 13.2 Å². The van der Waals surface area contributed by atoms with Crippen molar-refractivity contribution >= 4 is 23.4 Å². The Bertz CT molecular complexity index is 607. The summed E-state index contributed by atoms with van der Waals surface area (Å²) in [5, 5.41) is 0. The summed E-state index contributed by atoms with van der Waals surface area (Å²) < 4.78 is 49.2. The van der Waals surface area contributed by atoms with Crippen molar-refractivity contribution < 1.29 is 27.4 Å². The smallest absolute Gasteiger partial charge is 0.417 e. The molecule has 9 heteroatoms. The first-order valence-corrected chi connectivity index (χ1v) is 9.02. The molecule has 0 atom stereocenters. The number of carbonyl (C=O) groups excluding carboxylic acids is 1. The number of pyridine rings is 1. The Kier molecular flexibility index (Phi) is 7.52. The fourth-order valence-electron chi connectivity index (χ4n) is 2.92. The van der Waals surface area contributed by atoms with Crippen LogP contribution in [0.25, 0.3) is 0 Å². The monoisotopic (exact) mass is 394 g/mol. The van der Waals surface area contributed by atoms with E-state index < -0.39 is 11.7 Å². The first-order chi connectivity index (χ1) is 12.4. The van der Waals surface area contributed by atoms with E-state index in [0.717, 1.165) is 12.3 Å². The molecular weight excluding hydrogens is 373 g/mol. The number of alkyl halides is 4. The van der Waals surface area contributed by atoms with Crippen LogP contribution in [0.5, 0.6) is 0 Å². The van der Waals surface area contributed by atoms with Crippen molar-refractivity contribution in [3.05, 3.63) is 23.4 Å². The van der Waals surface area contributed by atoms with Crippen molar-refractivity contribution in [3.63, 3.8) is 0 Å². The quantitative estimate of drug-likeness (QED) is 0.520. The van der Waals surface area contributed by atoms with E-state index in [1.807, 2.05) is 4.90 Å². The maximum atomic E-state index is 13.0. The number of nitrogens with zero attached hydrogens (tertiary/aromatic N) is 2. The molecule has 0 aliphatic carbocycles. The molecule has 146 valence electrons. The number of hydrogen-bond donors (Lipinski definition) is 0. The molecule has 0 unspecified atom stereocenters. The third-order valence-corrected chi connectivity index (χ3v) is 4.47. The molecule has 1 saturated heterocycles. The fraction of sp³-hybridized carbons (Fsp3) is 0.647. The van der Waals surface area contributed by atoms with Gasteiger partial charge in [0.25, 0.3) is 0 Å². The van der Waals surface area contributed by atoms with Crippen LogP contribution in [-0.4, -0.2) is 43.4 Å². The lowest BCUT2D eigenvalue weighted by Crippen LogP contribution is -2.42. The van der Waals surface area contributed by atoms with Gasteiger partial charge in [-0.1, -0.05) is 0 Å². The Morgan fingerprint density at radius 2 is 2.12 bits per heavy atom. The Morgan fingerprint density at radius 3 is 2.69 bits per heavy atom. The van der Waals surface area contributed by atoms with Crippen LogP contribution in [0, 0.1) is 0 Å². The van der Waals surface area contributed by atoms with Crippen LogP contribution in [-0.2, 0) is 26.3 Å². The summed E-state index contributed by atoms with van der Waals surface area (Å²) in [5.74, 6) is -0.0844. The van der Waals surface area contributed by atoms with Crippen molar-refractivity contribution in [1.82, 2.24) is 4.98 Å². The molecule has 2 rings (SSSR count). The van der Waals surface area contributed by atoms with Gasteiger partial charge in [0.15, 0.2) is 0 Å². The van der Waals surface area contributed by atoms with Crippen molar-refractivity contribution in [2.75, 3.05) is 31.3 Å². The van der Waals surface area contributed by atoms with Crippen LogP contribution in [0.1, 0.15) is 37.3 Å². The minimum Gasteiger partial charge on any atom is -0.466 e. The largest absolute Gasteiger partial charge is 0.466 e. The van der Waals surface area contributed by atoms with Gasteiger partial charge in [-0.3, -0.25) is 4.79 Å². The number of hydrogen-bond acceptors (Lipinski definition) is 5. The molecule has 0 bridgehead atoms. The van der Waals surface area contributed by atoms with E-state index in [-0.39, 0.29) is 36.5 Å². The highest BCUT2D eigenvalue weighted by atomic mass is 35.5. The Labute approximate surface area is 155 Å². The Balaban J connectivity index is 2.29. The van der Waals surface area contributed by atoms with Gasteiger partial charge in [0.05, 0.1) is 24.5 Å². The first-order valence-electron chi connectivity index (χ1n) is 8.49. The average molecular weight is 395 g/mol. The summed E-state index contributed by atoms with van der Waals surface area (Å²) in [7, 11) is 0. The predicted octanol–water partition coefficient (Wildman–Crippen LogP) is 3.78. The molecule has 0 amide bonds. The number of ether oxygens (including phenoxy) is 2. The molecule has 5 nitrogen and oxygen atoms in total. The molecule has 0 saturated carbocycles. The zero-order valence-corrected chi connectivity index (χ0v) is 15.3. The fourth-order valence-corrected chi connectivity index (χ4v) is 3.11. The Morgan fingerprint density at radius 1 is 1.42 bits per heavy atom. The second kappa shape index (κ2) is 9.41. The Hall–Kier alpha value is -1.54. The van der Waals surface area contributed by atoms with E-state index in [4.69, 9.17) is 21.1 Å². The highest BCUT2D eigenvalue weighted by Crippen LogP contribution is 2.33. The molecule has 1 fully saturated rings. The van der Waals surface area contributed by atoms with Gasteiger partial charge in [-0.05, 0) is 25.8 Å². The number of halogens is 4. The molecule has 1 aromatic rings. The lowest BCUT2D eigenvalue weighted by molar-refractivity contribution is -0.143. The van der Waals surface area contributed by atoms with E-state index in [9.17, 15) is 18.0 Å². The lowest BCUT2D eigenvalue weighted by atomic mass is 10.1. The normalized spacial score (nSPS) is 15.7. The summed E-state index contributed by atoms with van der Waals surface area (Å²) in [6.45, 7) is 3.40. The molecule has 0 radical (unpaired) electrons. The van der Waals surface area contributed by atoms with Gasteiger partial charge >= 0.3 is 12.1 Å². The van der Waals surface area contributed by atoms with E-state index in [1.165, 1.54) is 0 Å². The SMILES string of the molecule is CCOC(=O)CCN(c1ncc(C(F)(F)F)cc1CCl)C1CCOCC1. The molecule has 0 spiro atoms. The standard InChI is InChI=1S/C17H22ClF3N2O3/c1-2-26-15(24)3-6-23(14-4-7-25-8-5-14)16-12(10-18)9-13(11-22-16)17(19,20)21/h9,11,14H,2-8,10H2,1H3. The summed E-state index contributed by atoms with van der Waals surface area (Å²) in [6, 6.07) is 1.04. The van der Waals surface area contributed by atoms with Crippen LogP contribution in [0.3, 0.4) is 0 Å². The third-order valence-electron chi connectivity index (χ3n) is 4.18. The first kappa shape index (κ1) is 20.8. The van der Waals surface area contributed by atoms with Gasteiger partial charge in [0, 0.05) is 37.6 Å². The van der Waals surface area contributed by atoms with Gasteiger partial charge < -0.3 is 14.4 Å². The zero-order chi connectivity index (χ0) is 19.2. The van der Waals surface area contributed by atoms with Gasteiger partial charge in [-0.25, -0.2) is 4.98 Å². The van der Waals surface area contributed by atoms with Crippen molar-refractivity contribution in [3.8, 4) is 0 Å². The summed E-state index contributed by atoms with van der Waals surface area (Å²) >= 11 is 5.90. The molecule has 26 heavy (non-hydrogen) atoms. The predicted molar refractivity (Wildman–Crippen MR) is 91.2 cm³/mol. The van der Waals surface area contributed by atoms with Crippen molar-refractivity contribution in [2.45, 2.75) is 44.3 Å². The van der Waals surface area contributed by atoms with Crippen molar-refractivity contribution in [1.29, 1.82) is 0 Å². The highest BCUT2D eigenvalue weighted by Gasteiger charge is 2.33. The third kappa shape index (κ3) is 5.48. The highest BCUT2D eigenvalue weighted by molar-refractivity contribution is 6.17. The lowest BCUT2D eigenvalue weighted by Gasteiger charge is -2.36. The van der Waals surface area contributed by atoms with Crippen LogP contribution >= 0.6 is 11.6 Å². The van der Waals surface area contributed by atoms with E-state index in [0.29, 0.717) is 38.4 Å². The number of esters is 1. The summed E-state index contributed by atoms with van der Waals surface area (Å²) in [6.07, 6.45) is -2.15. The number of anilines is 1. The molecule has 1 aliphatic heterocycles. The second-order valence-corrected chi connectivity index (χ2v) is 6.20. The maximum absolute atomic E-state index is 13.0. The van der Waals surface area contributed by atoms with E-state index in [2.05, 4.69) is 4.98 Å². The van der Waals surface area contributed by atoms with Crippen molar-refractivity contribution in [2.24, 2.45) is 0 Å². The summed E-state index contributed by atoms with van der Waals surface area (Å²) in [5.41, 5.74) is -0.550. The van der Waals surface area contributed by atoms with Crippen LogP contribution in [0.15, 0.2) is 12.3 Å². The number of aromatic nitrogens is 1. The minimum atomic E-state index is -4.49. The topological polar surface area (TPSA) is 51.7 Å². The molecule has 0 aromatic carbocycles. The molecule has 1 aliphatic rings. The molecule has 0 N–H and O–H groups in total. The number of carbonyl (C=O) groups is 1.